The number of nitrogens with one attached hydrogen (secondary N) is 2. The summed E-state index contributed by atoms with van der Waals surface area (Å²) in [5.74, 6) is -0.534. The van der Waals surface area contributed by atoms with Crippen molar-refractivity contribution in [1.29, 1.82) is 5.26 Å². The standard InChI is InChI=1S/C28H33Cl2N3O3/c1-26(2,3)14-22-28(15-31,19-7-9-20(29)10-8-19)23(18-5-4-6-21(30)13-18)24(33-22)36-25(35)32-16-27(17-34)11-12-27/h4-10,13,22-24,33-34H,11-12,14,16-17H2,1-3H3,(H,32,35)/t22-,23-,24+,28-/m0/s1. The van der Waals surface area contributed by atoms with Gasteiger partial charge in [-0.2, -0.15) is 5.26 Å². The van der Waals surface area contributed by atoms with Gasteiger partial charge in [0.2, 0.25) is 0 Å². The largest absolute Gasteiger partial charge is 0.430 e. The predicted octanol–water partition coefficient (Wildman–Crippen LogP) is 5.77. The number of halogens is 2. The van der Waals surface area contributed by atoms with Crippen molar-refractivity contribution < 1.29 is 14.6 Å². The van der Waals surface area contributed by atoms with Gasteiger partial charge in [0.1, 0.15) is 5.41 Å². The highest BCUT2D eigenvalue weighted by atomic mass is 35.5. The van der Waals surface area contributed by atoms with Gasteiger partial charge in [0.25, 0.3) is 0 Å². The Morgan fingerprint density at radius 2 is 1.89 bits per heavy atom. The van der Waals surface area contributed by atoms with Crippen LogP contribution in [0.5, 0.6) is 0 Å². The number of aliphatic hydroxyl groups is 1. The lowest BCUT2D eigenvalue weighted by atomic mass is 9.64. The Kier molecular flexibility index (Phi) is 7.60. The smallest absolute Gasteiger partial charge is 0.408 e. The fraction of sp³-hybridized carbons (Fsp3) is 0.500. The molecule has 36 heavy (non-hydrogen) atoms. The van der Waals surface area contributed by atoms with E-state index >= 15 is 0 Å². The maximum absolute atomic E-state index is 12.9. The SMILES string of the molecule is CC(C)(C)C[C@@H]1N[C@H](OC(=O)NCC2(CO)CC2)[C@H](c2cccc(Cl)c2)[C@@]1(C#N)c1ccc(Cl)cc1. The van der Waals surface area contributed by atoms with Gasteiger partial charge in [0.15, 0.2) is 6.23 Å². The molecule has 6 nitrogen and oxygen atoms in total. The topological polar surface area (TPSA) is 94.4 Å². The number of nitrogens with zero attached hydrogens (tertiary/aromatic N) is 1. The van der Waals surface area contributed by atoms with Crippen molar-refractivity contribution in [3.05, 3.63) is 69.7 Å². The minimum atomic E-state index is -1.06. The molecule has 0 aromatic heterocycles. The number of nitriles is 1. The van der Waals surface area contributed by atoms with Crippen LogP contribution in [0.4, 0.5) is 4.79 Å². The van der Waals surface area contributed by atoms with Crippen LogP contribution in [0.2, 0.25) is 10.0 Å². The van der Waals surface area contributed by atoms with E-state index in [2.05, 4.69) is 37.5 Å². The van der Waals surface area contributed by atoms with Crippen LogP contribution in [0, 0.1) is 22.2 Å². The lowest BCUT2D eigenvalue weighted by Gasteiger charge is -2.37. The van der Waals surface area contributed by atoms with Crippen LogP contribution in [0.25, 0.3) is 0 Å². The molecular formula is C28H33Cl2N3O3. The molecule has 4 rings (SSSR count). The zero-order valence-electron chi connectivity index (χ0n) is 20.9. The maximum Gasteiger partial charge on any atom is 0.408 e. The van der Waals surface area contributed by atoms with Crippen molar-refractivity contribution in [3.63, 3.8) is 0 Å². The number of carbonyl (C=O) groups excluding carboxylic acids is 1. The summed E-state index contributed by atoms with van der Waals surface area (Å²) in [6.45, 7) is 6.75. The first-order valence-electron chi connectivity index (χ1n) is 12.3. The molecule has 0 spiro atoms. The number of rotatable bonds is 7. The quantitative estimate of drug-likeness (QED) is 0.423. The summed E-state index contributed by atoms with van der Waals surface area (Å²) in [6.07, 6.45) is 1.04. The van der Waals surface area contributed by atoms with Crippen molar-refractivity contribution in [2.75, 3.05) is 13.2 Å². The van der Waals surface area contributed by atoms with Gasteiger partial charge in [0, 0.05) is 28.0 Å². The fourth-order valence-electron chi connectivity index (χ4n) is 5.26. The Labute approximate surface area is 222 Å². The number of aliphatic hydroxyl groups excluding tert-OH is 1. The lowest BCUT2D eigenvalue weighted by Crippen LogP contribution is -2.44. The van der Waals surface area contributed by atoms with Crippen molar-refractivity contribution in [2.24, 2.45) is 10.8 Å². The number of ether oxygens (including phenoxy) is 1. The van der Waals surface area contributed by atoms with Crippen LogP contribution in [0.1, 0.15) is 57.1 Å². The molecule has 1 aliphatic carbocycles. The molecule has 2 aromatic carbocycles. The zero-order valence-corrected chi connectivity index (χ0v) is 22.4. The van der Waals surface area contributed by atoms with E-state index in [1.54, 1.807) is 18.2 Å². The van der Waals surface area contributed by atoms with E-state index in [0.717, 1.165) is 24.0 Å². The molecule has 1 heterocycles. The van der Waals surface area contributed by atoms with Gasteiger partial charge in [-0.15, -0.1) is 0 Å². The molecule has 1 saturated heterocycles. The Hall–Kier alpha value is -2.30. The van der Waals surface area contributed by atoms with Gasteiger partial charge >= 0.3 is 6.09 Å². The Morgan fingerprint density at radius 3 is 2.44 bits per heavy atom. The van der Waals surface area contributed by atoms with Gasteiger partial charge in [-0.3, -0.25) is 5.32 Å². The first kappa shape index (κ1) is 26.8. The summed E-state index contributed by atoms with van der Waals surface area (Å²) in [4.78, 5) is 12.9. The summed E-state index contributed by atoms with van der Waals surface area (Å²) in [5.41, 5.74) is 0.181. The van der Waals surface area contributed by atoms with Crippen LogP contribution in [0.3, 0.4) is 0 Å². The number of amides is 1. The third-order valence-electron chi connectivity index (χ3n) is 7.37. The molecular weight excluding hydrogens is 497 g/mol. The number of hydrogen-bond acceptors (Lipinski definition) is 5. The van der Waals surface area contributed by atoms with Crippen molar-refractivity contribution in [1.82, 2.24) is 10.6 Å². The van der Waals surface area contributed by atoms with E-state index in [0.29, 0.717) is 23.0 Å². The highest BCUT2D eigenvalue weighted by molar-refractivity contribution is 6.30. The van der Waals surface area contributed by atoms with Crippen LogP contribution in [-0.4, -0.2) is 36.6 Å². The van der Waals surface area contributed by atoms with Crippen molar-refractivity contribution >= 4 is 29.3 Å². The number of carbonyl (C=O) groups is 1. The minimum absolute atomic E-state index is 0.0296. The monoisotopic (exact) mass is 529 g/mol. The highest BCUT2D eigenvalue weighted by Gasteiger charge is 2.59. The van der Waals surface area contributed by atoms with Gasteiger partial charge in [0.05, 0.1) is 18.6 Å². The molecule has 2 aromatic rings. The fourth-order valence-corrected chi connectivity index (χ4v) is 5.58. The number of alkyl carbamates (subject to hydrolysis) is 1. The van der Waals surface area contributed by atoms with E-state index in [1.165, 1.54) is 0 Å². The molecule has 0 radical (unpaired) electrons. The Morgan fingerprint density at radius 1 is 1.19 bits per heavy atom. The van der Waals surface area contributed by atoms with E-state index in [1.807, 2.05) is 30.3 Å². The third-order valence-corrected chi connectivity index (χ3v) is 7.86. The predicted molar refractivity (Wildman–Crippen MR) is 141 cm³/mol. The molecule has 2 aliphatic rings. The highest BCUT2D eigenvalue weighted by Crippen LogP contribution is 2.51. The molecule has 1 saturated carbocycles. The molecule has 8 heteroatoms. The summed E-state index contributed by atoms with van der Waals surface area (Å²) in [7, 11) is 0. The molecule has 4 atom stereocenters. The van der Waals surface area contributed by atoms with E-state index in [9.17, 15) is 15.2 Å². The summed E-state index contributed by atoms with van der Waals surface area (Å²) in [6, 6.07) is 17.0. The molecule has 0 bridgehead atoms. The van der Waals surface area contributed by atoms with Crippen molar-refractivity contribution in [2.45, 2.75) is 63.6 Å². The minimum Gasteiger partial charge on any atom is -0.430 e. The lowest BCUT2D eigenvalue weighted by molar-refractivity contribution is 0.0721. The van der Waals surface area contributed by atoms with E-state index in [-0.39, 0.29) is 23.5 Å². The third kappa shape index (κ3) is 5.50. The summed E-state index contributed by atoms with van der Waals surface area (Å²) < 4.78 is 5.97. The number of benzene rings is 2. The number of hydrogen-bond donors (Lipinski definition) is 3. The van der Waals surface area contributed by atoms with Crippen LogP contribution < -0.4 is 10.6 Å². The van der Waals surface area contributed by atoms with Crippen molar-refractivity contribution in [3.8, 4) is 6.07 Å². The molecule has 1 amide bonds. The van der Waals surface area contributed by atoms with Gasteiger partial charge in [-0.25, -0.2) is 4.79 Å². The first-order valence-corrected chi connectivity index (χ1v) is 13.0. The Balaban J connectivity index is 1.76. The molecule has 2 fully saturated rings. The average molecular weight is 530 g/mol. The zero-order chi connectivity index (χ0) is 26.1. The van der Waals surface area contributed by atoms with Crippen LogP contribution in [0.15, 0.2) is 48.5 Å². The molecule has 0 unspecified atom stereocenters. The second-order valence-corrected chi connectivity index (χ2v) is 12.2. The molecule has 1 aliphatic heterocycles. The summed E-state index contributed by atoms with van der Waals surface area (Å²) in [5, 5.41) is 27.9. The van der Waals surface area contributed by atoms with E-state index < -0.39 is 23.7 Å². The second kappa shape index (κ2) is 10.2. The first-order chi connectivity index (χ1) is 17.0. The van der Waals surface area contributed by atoms with Gasteiger partial charge < -0.3 is 15.2 Å². The second-order valence-electron chi connectivity index (χ2n) is 11.3. The van der Waals surface area contributed by atoms with E-state index in [4.69, 9.17) is 27.9 Å². The molecule has 192 valence electrons. The average Bonchev–Trinajstić information content (AvgIpc) is 3.54. The van der Waals surface area contributed by atoms with Gasteiger partial charge in [-0.1, -0.05) is 68.2 Å². The van der Waals surface area contributed by atoms with Crippen LogP contribution in [-0.2, 0) is 10.2 Å². The normalized spacial score (nSPS) is 26.8. The molecule has 3 N–H and O–H groups in total. The summed E-state index contributed by atoms with van der Waals surface area (Å²) >= 11 is 12.6. The van der Waals surface area contributed by atoms with Crippen LogP contribution >= 0.6 is 23.2 Å². The van der Waals surface area contributed by atoms with Gasteiger partial charge in [-0.05, 0) is 60.1 Å². The Bertz CT molecular complexity index is 1140. The maximum atomic E-state index is 12.9.